The number of urea groups is 1. The summed E-state index contributed by atoms with van der Waals surface area (Å²) >= 11 is 0. The van der Waals surface area contributed by atoms with Crippen LogP contribution in [-0.2, 0) is 6.42 Å². The monoisotopic (exact) mass is 347 g/mol. The predicted octanol–water partition coefficient (Wildman–Crippen LogP) is 1.83. The summed E-state index contributed by atoms with van der Waals surface area (Å²) in [5, 5.41) is 2.77. The second-order valence-corrected chi connectivity index (χ2v) is 5.74. The summed E-state index contributed by atoms with van der Waals surface area (Å²) < 4.78 is 26.4. The van der Waals surface area contributed by atoms with Crippen LogP contribution in [0.15, 0.2) is 36.7 Å². The van der Waals surface area contributed by atoms with Crippen molar-refractivity contribution in [3.8, 4) is 0 Å². The molecule has 1 aromatic carbocycles. The predicted molar refractivity (Wildman–Crippen MR) is 89.3 cm³/mol. The molecule has 0 radical (unpaired) electrons. The number of anilines is 1. The molecule has 1 saturated heterocycles. The number of nitrogens with one attached hydrogen (secondary N) is 1. The van der Waals surface area contributed by atoms with Gasteiger partial charge in [-0.25, -0.2) is 23.5 Å². The van der Waals surface area contributed by atoms with Crippen molar-refractivity contribution >= 4 is 12.0 Å². The first-order valence-corrected chi connectivity index (χ1v) is 8.12. The summed E-state index contributed by atoms with van der Waals surface area (Å²) in [5.74, 6) is -0.536. The lowest BCUT2D eigenvalue weighted by atomic mass is 10.1. The standard InChI is InChI=1S/C17H19F2N5O/c18-14-3-2-13(15(19)12-14)4-7-22-17(25)24-10-8-23(9-11-24)16-20-5-1-6-21-16/h1-3,5-6,12H,4,7-11H2,(H,22,25). The molecule has 3 rings (SSSR count). The molecule has 0 bridgehead atoms. The molecule has 2 heterocycles. The Morgan fingerprint density at radius 3 is 2.52 bits per heavy atom. The molecule has 132 valence electrons. The van der Waals surface area contributed by atoms with Crippen LogP contribution in [-0.4, -0.2) is 53.6 Å². The van der Waals surface area contributed by atoms with E-state index >= 15 is 0 Å². The third kappa shape index (κ3) is 4.40. The Bertz CT molecular complexity index is 720. The minimum atomic E-state index is -0.606. The van der Waals surface area contributed by atoms with Crippen LogP contribution in [0.3, 0.4) is 0 Å². The number of carbonyl (C=O) groups excluding carboxylic acids is 1. The zero-order chi connectivity index (χ0) is 17.6. The lowest BCUT2D eigenvalue weighted by Gasteiger charge is -2.34. The maximum Gasteiger partial charge on any atom is 0.317 e. The fourth-order valence-corrected chi connectivity index (χ4v) is 2.70. The maximum atomic E-state index is 13.6. The number of hydrogen-bond acceptors (Lipinski definition) is 4. The number of aromatic nitrogens is 2. The second-order valence-electron chi connectivity index (χ2n) is 5.74. The van der Waals surface area contributed by atoms with Crippen LogP contribution in [0.1, 0.15) is 5.56 Å². The van der Waals surface area contributed by atoms with Crippen LogP contribution in [0, 0.1) is 11.6 Å². The average molecular weight is 347 g/mol. The van der Waals surface area contributed by atoms with Crippen molar-refractivity contribution in [2.45, 2.75) is 6.42 Å². The number of piperazine rings is 1. The highest BCUT2D eigenvalue weighted by atomic mass is 19.1. The van der Waals surface area contributed by atoms with Crippen molar-refractivity contribution in [2.75, 3.05) is 37.6 Å². The first kappa shape index (κ1) is 17.1. The Morgan fingerprint density at radius 2 is 1.84 bits per heavy atom. The number of carbonyl (C=O) groups is 1. The van der Waals surface area contributed by atoms with Gasteiger partial charge in [0.1, 0.15) is 11.6 Å². The molecule has 1 aromatic heterocycles. The van der Waals surface area contributed by atoms with Gasteiger partial charge in [0.05, 0.1) is 0 Å². The summed E-state index contributed by atoms with van der Waals surface area (Å²) in [6.45, 7) is 2.74. The van der Waals surface area contributed by atoms with Crippen molar-refractivity contribution in [2.24, 2.45) is 0 Å². The lowest BCUT2D eigenvalue weighted by molar-refractivity contribution is 0.194. The zero-order valence-corrected chi connectivity index (χ0v) is 13.7. The Kier molecular flexibility index (Phi) is 5.37. The Balaban J connectivity index is 1.43. The van der Waals surface area contributed by atoms with Gasteiger partial charge in [-0.2, -0.15) is 0 Å². The number of benzene rings is 1. The van der Waals surface area contributed by atoms with Crippen LogP contribution in [0.2, 0.25) is 0 Å². The first-order chi connectivity index (χ1) is 12.1. The fraction of sp³-hybridized carbons (Fsp3) is 0.353. The minimum absolute atomic E-state index is 0.184. The molecule has 8 heteroatoms. The van der Waals surface area contributed by atoms with Crippen molar-refractivity contribution in [1.29, 1.82) is 0 Å². The molecule has 0 unspecified atom stereocenters. The van der Waals surface area contributed by atoms with Crippen LogP contribution in [0.4, 0.5) is 19.5 Å². The molecule has 0 spiro atoms. The maximum absolute atomic E-state index is 13.6. The molecule has 1 N–H and O–H groups in total. The van der Waals surface area contributed by atoms with E-state index in [0.29, 0.717) is 50.7 Å². The quantitative estimate of drug-likeness (QED) is 0.917. The molecule has 2 aromatic rings. The Hall–Kier alpha value is -2.77. The highest BCUT2D eigenvalue weighted by Crippen LogP contribution is 2.11. The SMILES string of the molecule is O=C(NCCc1ccc(F)cc1F)N1CCN(c2ncccn2)CC1. The van der Waals surface area contributed by atoms with E-state index in [4.69, 9.17) is 0 Å². The lowest BCUT2D eigenvalue weighted by Crippen LogP contribution is -2.52. The zero-order valence-electron chi connectivity index (χ0n) is 13.7. The summed E-state index contributed by atoms with van der Waals surface area (Å²) in [5.41, 5.74) is 0.382. The molecular formula is C17H19F2N5O. The molecule has 1 aliphatic heterocycles. The van der Waals surface area contributed by atoms with Gasteiger partial charge in [0, 0.05) is 51.2 Å². The highest BCUT2D eigenvalue weighted by Gasteiger charge is 2.22. The van der Waals surface area contributed by atoms with Crippen molar-refractivity contribution in [3.05, 3.63) is 53.9 Å². The van der Waals surface area contributed by atoms with Crippen molar-refractivity contribution < 1.29 is 13.6 Å². The van der Waals surface area contributed by atoms with Crippen molar-refractivity contribution in [3.63, 3.8) is 0 Å². The number of nitrogens with zero attached hydrogens (tertiary/aromatic N) is 4. The Labute approximate surface area is 144 Å². The molecule has 1 fully saturated rings. The molecule has 0 atom stereocenters. The topological polar surface area (TPSA) is 61.4 Å². The van der Waals surface area contributed by atoms with Crippen LogP contribution < -0.4 is 10.2 Å². The van der Waals surface area contributed by atoms with Gasteiger partial charge in [-0.1, -0.05) is 6.07 Å². The molecule has 25 heavy (non-hydrogen) atoms. The van der Waals surface area contributed by atoms with Gasteiger partial charge in [0.25, 0.3) is 0 Å². The third-order valence-electron chi connectivity index (χ3n) is 4.09. The average Bonchev–Trinajstić information content (AvgIpc) is 2.64. The van der Waals surface area contributed by atoms with E-state index in [2.05, 4.69) is 15.3 Å². The number of hydrogen-bond donors (Lipinski definition) is 1. The summed E-state index contributed by atoms with van der Waals surface area (Å²) in [6.07, 6.45) is 3.70. The molecule has 6 nitrogen and oxygen atoms in total. The third-order valence-corrected chi connectivity index (χ3v) is 4.09. The number of amides is 2. The molecule has 0 saturated carbocycles. The molecule has 0 aliphatic carbocycles. The highest BCUT2D eigenvalue weighted by molar-refractivity contribution is 5.74. The van der Waals surface area contributed by atoms with Gasteiger partial charge in [0.15, 0.2) is 0 Å². The summed E-state index contributed by atoms with van der Waals surface area (Å²) in [4.78, 5) is 24.3. The van der Waals surface area contributed by atoms with Gasteiger partial charge < -0.3 is 15.1 Å². The van der Waals surface area contributed by atoms with E-state index in [1.54, 1.807) is 23.4 Å². The van der Waals surface area contributed by atoms with E-state index in [9.17, 15) is 13.6 Å². The summed E-state index contributed by atoms with van der Waals surface area (Å²) in [6, 6.07) is 5.04. The largest absolute Gasteiger partial charge is 0.338 e. The Morgan fingerprint density at radius 1 is 1.12 bits per heavy atom. The summed E-state index contributed by atoms with van der Waals surface area (Å²) in [7, 11) is 0. The van der Waals surface area contributed by atoms with Crippen LogP contribution in [0.25, 0.3) is 0 Å². The second kappa shape index (κ2) is 7.87. The van der Waals surface area contributed by atoms with E-state index in [1.165, 1.54) is 12.1 Å². The normalized spacial score (nSPS) is 14.5. The van der Waals surface area contributed by atoms with Crippen LogP contribution in [0.5, 0.6) is 0 Å². The molecule has 1 aliphatic rings. The first-order valence-electron chi connectivity index (χ1n) is 8.12. The molecule has 2 amide bonds. The van der Waals surface area contributed by atoms with Gasteiger partial charge in [-0.3, -0.25) is 0 Å². The minimum Gasteiger partial charge on any atom is -0.338 e. The van der Waals surface area contributed by atoms with Gasteiger partial charge in [-0.15, -0.1) is 0 Å². The van der Waals surface area contributed by atoms with Gasteiger partial charge >= 0.3 is 6.03 Å². The smallest absolute Gasteiger partial charge is 0.317 e. The van der Waals surface area contributed by atoms with E-state index in [0.717, 1.165) is 6.07 Å². The van der Waals surface area contributed by atoms with Gasteiger partial charge in [0.2, 0.25) is 5.95 Å². The van der Waals surface area contributed by atoms with Gasteiger partial charge in [-0.05, 0) is 24.1 Å². The number of halogens is 2. The van der Waals surface area contributed by atoms with E-state index in [1.807, 2.05) is 4.90 Å². The molecular weight excluding hydrogens is 328 g/mol. The van der Waals surface area contributed by atoms with E-state index < -0.39 is 11.6 Å². The fourth-order valence-electron chi connectivity index (χ4n) is 2.70. The van der Waals surface area contributed by atoms with Crippen molar-refractivity contribution in [1.82, 2.24) is 20.2 Å². The van der Waals surface area contributed by atoms with E-state index in [-0.39, 0.29) is 6.03 Å². The van der Waals surface area contributed by atoms with Crippen LogP contribution >= 0.6 is 0 Å². The number of rotatable bonds is 4.